The molecule has 0 aliphatic heterocycles. The third-order valence-electron chi connectivity index (χ3n) is 3.94. The molecular formula is C18H23ClO. The van der Waals surface area contributed by atoms with Crippen molar-refractivity contribution in [3.05, 3.63) is 29.8 Å². The SMILES string of the molecule is CCC1CCCC(Oc2ccccc2C#CCCCl)C1. The van der Waals surface area contributed by atoms with E-state index in [1.807, 2.05) is 24.3 Å². The van der Waals surface area contributed by atoms with Crippen LogP contribution in [0.3, 0.4) is 0 Å². The third kappa shape index (κ3) is 4.46. The lowest BCUT2D eigenvalue weighted by Crippen LogP contribution is -2.25. The van der Waals surface area contributed by atoms with Gasteiger partial charge < -0.3 is 4.74 Å². The number of benzene rings is 1. The van der Waals surface area contributed by atoms with Gasteiger partial charge in [-0.3, -0.25) is 0 Å². The van der Waals surface area contributed by atoms with Gasteiger partial charge >= 0.3 is 0 Å². The van der Waals surface area contributed by atoms with E-state index < -0.39 is 0 Å². The van der Waals surface area contributed by atoms with E-state index in [4.69, 9.17) is 16.3 Å². The van der Waals surface area contributed by atoms with Crippen molar-refractivity contribution in [1.29, 1.82) is 0 Å². The summed E-state index contributed by atoms with van der Waals surface area (Å²) < 4.78 is 6.21. The summed E-state index contributed by atoms with van der Waals surface area (Å²) in [5.41, 5.74) is 0.983. The fourth-order valence-corrected chi connectivity index (χ4v) is 2.87. The zero-order valence-corrected chi connectivity index (χ0v) is 13.0. The van der Waals surface area contributed by atoms with Crippen LogP contribution < -0.4 is 4.74 Å². The standard InChI is InChI=1S/C18H23ClO/c1-2-15-8-7-11-17(14-15)20-18-12-4-3-9-16(18)10-5-6-13-19/h3-4,9,12,15,17H,2,6-8,11,13-14H2,1H3. The number of halogens is 1. The molecule has 0 amide bonds. The number of alkyl halides is 1. The number of rotatable bonds is 4. The molecule has 1 aromatic carbocycles. The summed E-state index contributed by atoms with van der Waals surface area (Å²) in [6.45, 7) is 2.28. The first kappa shape index (κ1) is 15.3. The van der Waals surface area contributed by atoms with Crippen molar-refractivity contribution in [1.82, 2.24) is 0 Å². The maximum atomic E-state index is 6.21. The second-order valence-electron chi connectivity index (χ2n) is 5.42. The van der Waals surface area contributed by atoms with Gasteiger partial charge in [-0.15, -0.1) is 11.6 Å². The van der Waals surface area contributed by atoms with Gasteiger partial charge in [0, 0.05) is 12.3 Å². The minimum absolute atomic E-state index is 0.352. The Morgan fingerprint density at radius 2 is 2.15 bits per heavy atom. The van der Waals surface area contributed by atoms with Gasteiger partial charge in [-0.05, 0) is 37.3 Å². The van der Waals surface area contributed by atoms with E-state index in [1.165, 1.54) is 32.1 Å². The summed E-state index contributed by atoms with van der Waals surface area (Å²) in [6.07, 6.45) is 7.31. The zero-order valence-electron chi connectivity index (χ0n) is 12.2. The highest BCUT2D eigenvalue weighted by molar-refractivity contribution is 6.18. The molecule has 2 heteroatoms. The molecule has 0 radical (unpaired) electrons. The van der Waals surface area contributed by atoms with Gasteiger partial charge in [-0.2, -0.15) is 0 Å². The smallest absolute Gasteiger partial charge is 0.135 e. The van der Waals surface area contributed by atoms with Gasteiger partial charge in [0.2, 0.25) is 0 Å². The Hall–Kier alpha value is -1.13. The monoisotopic (exact) mass is 290 g/mol. The van der Waals surface area contributed by atoms with Crippen LogP contribution in [-0.2, 0) is 0 Å². The van der Waals surface area contributed by atoms with Crippen molar-refractivity contribution in [2.24, 2.45) is 5.92 Å². The Labute approximate surface area is 127 Å². The minimum Gasteiger partial charge on any atom is -0.489 e. The molecule has 1 aliphatic rings. The lowest BCUT2D eigenvalue weighted by Gasteiger charge is -2.29. The van der Waals surface area contributed by atoms with E-state index in [9.17, 15) is 0 Å². The molecule has 1 fully saturated rings. The summed E-state index contributed by atoms with van der Waals surface area (Å²) in [4.78, 5) is 0. The van der Waals surface area contributed by atoms with E-state index in [2.05, 4.69) is 18.8 Å². The molecular weight excluding hydrogens is 268 g/mol. The Morgan fingerprint density at radius 3 is 2.95 bits per heavy atom. The second kappa shape index (κ2) is 8.22. The second-order valence-corrected chi connectivity index (χ2v) is 5.80. The largest absolute Gasteiger partial charge is 0.489 e. The van der Waals surface area contributed by atoms with Crippen LogP contribution in [0.25, 0.3) is 0 Å². The first-order valence-electron chi connectivity index (χ1n) is 7.64. The lowest BCUT2D eigenvalue weighted by atomic mass is 9.85. The lowest BCUT2D eigenvalue weighted by molar-refractivity contribution is 0.122. The number of hydrogen-bond acceptors (Lipinski definition) is 1. The predicted molar refractivity (Wildman–Crippen MR) is 85.3 cm³/mol. The Balaban J connectivity index is 2.03. The molecule has 1 nitrogen and oxygen atoms in total. The summed E-state index contributed by atoms with van der Waals surface area (Å²) in [5, 5.41) is 0. The number of hydrogen-bond donors (Lipinski definition) is 0. The Morgan fingerprint density at radius 1 is 1.30 bits per heavy atom. The summed E-state index contributed by atoms with van der Waals surface area (Å²) in [7, 11) is 0. The molecule has 2 unspecified atom stereocenters. The van der Waals surface area contributed by atoms with Gasteiger partial charge in [-0.25, -0.2) is 0 Å². The highest BCUT2D eigenvalue weighted by Gasteiger charge is 2.22. The number of para-hydroxylation sites is 1. The van der Waals surface area contributed by atoms with E-state index in [-0.39, 0.29) is 0 Å². The fourth-order valence-electron chi connectivity index (χ4n) is 2.78. The van der Waals surface area contributed by atoms with Crippen molar-refractivity contribution < 1.29 is 4.74 Å². The quantitative estimate of drug-likeness (QED) is 0.559. The van der Waals surface area contributed by atoms with Gasteiger partial charge in [0.25, 0.3) is 0 Å². The molecule has 20 heavy (non-hydrogen) atoms. The molecule has 2 rings (SSSR count). The molecule has 0 heterocycles. The molecule has 1 aliphatic carbocycles. The van der Waals surface area contributed by atoms with Crippen LogP contribution in [-0.4, -0.2) is 12.0 Å². The molecule has 1 aromatic rings. The average molecular weight is 291 g/mol. The minimum atomic E-state index is 0.352. The molecule has 0 spiro atoms. The molecule has 2 atom stereocenters. The molecule has 0 N–H and O–H groups in total. The normalized spacial score (nSPS) is 21.9. The van der Waals surface area contributed by atoms with Crippen LogP contribution in [0.1, 0.15) is 51.0 Å². The molecule has 0 aromatic heterocycles. The van der Waals surface area contributed by atoms with Crippen LogP contribution >= 0.6 is 11.6 Å². The first-order valence-corrected chi connectivity index (χ1v) is 8.17. The maximum absolute atomic E-state index is 6.21. The van der Waals surface area contributed by atoms with Crippen molar-refractivity contribution in [2.75, 3.05) is 5.88 Å². The average Bonchev–Trinajstić information content (AvgIpc) is 2.49. The molecule has 0 saturated heterocycles. The first-order chi connectivity index (χ1) is 9.83. The van der Waals surface area contributed by atoms with Crippen LogP contribution in [0.4, 0.5) is 0 Å². The third-order valence-corrected chi connectivity index (χ3v) is 4.12. The molecule has 108 valence electrons. The summed E-state index contributed by atoms with van der Waals surface area (Å²) >= 11 is 5.66. The number of ether oxygens (including phenoxy) is 1. The Kier molecular flexibility index (Phi) is 6.27. The highest BCUT2D eigenvalue weighted by atomic mass is 35.5. The van der Waals surface area contributed by atoms with Crippen molar-refractivity contribution in [3.8, 4) is 17.6 Å². The van der Waals surface area contributed by atoms with Crippen LogP contribution in [0.2, 0.25) is 0 Å². The van der Waals surface area contributed by atoms with Crippen molar-refractivity contribution in [3.63, 3.8) is 0 Å². The fraction of sp³-hybridized carbons (Fsp3) is 0.556. The predicted octanol–water partition coefficient (Wildman–Crippen LogP) is 5.01. The van der Waals surface area contributed by atoms with E-state index in [0.29, 0.717) is 12.0 Å². The van der Waals surface area contributed by atoms with Gasteiger partial charge in [0.05, 0.1) is 11.7 Å². The highest BCUT2D eigenvalue weighted by Crippen LogP contribution is 2.30. The summed E-state index contributed by atoms with van der Waals surface area (Å²) in [5.74, 6) is 8.59. The topological polar surface area (TPSA) is 9.23 Å². The molecule has 1 saturated carbocycles. The van der Waals surface area contributed by atoms with Gasteiger partial charge in [-0.1, -0.05) is 43.7 Å². The van der Waals surface area contributed by atoms with E-state index in [1.54, 1.807) is 0 Å². The van der Waals surface area contributed by atoms with E-state index in [0.717, 1.165) is 23.7 Å². The van der Waals surface area contributed by atoms with Gasteiger partial charge in [0.1, 0.15) is 5.75 Å². The van der Waals surface area contributed by atoms with E-state index >= 15 is 0 Å². The Bertz CT molecular complexity index is 472. The molecule has 0 bridgehead atoms. The maximum Gasteiger partial charge on any atom is 0.135 e. The van der Waals surface area contributed by atoms with Crippen molar-refractivity contribution >= 4 is 11.6 Å². The zero-order chi connectivity index (χ0) is 14.2. The van der Waals surface area contributed by atoms with Gasteiger partial charge in [0.15, 0.2) is 0 Å². The van der Waals surface area contributed by atoms with Crippen LogP contribution in [0.5, 0.6) is 5.75 Å². The summed E-state index contributed by atoms with van der Waals surface area (Å²) in [6, 6.07) is 8.08. The van der Waals surface area contributed by atoms with Crippen LogP contribution in [0, 0.1) is 17.8 Å². The van der Waals surface area contributed by atoms with Crippen molar-refractivity contribution in [2.45, 2.75) is 51.6 Å². The van der Waals surface area contributed by atoms with Crippen LogP contribution in [0.15, 0.2) is 24.3 Å².